The minimum atomic E-state index is -0.470. The Balaban J connectivity index is 0.00000364. The minimum Gasteiger partial charge on any atom is -0.340 e. The molecule has 0 bridgehead atoms. The van der Waals surface area contributed by atoms with Crippen molar-refractivity contribution in [3.63, 3.8) is 0 Å². The van der Waals surface area contributed by atoms with E-state index in [-0.39, 0.29) is 49.0 Å². The molecule has 3 N–H and O–H groups in total. The van der Waals surface area contributed by atoms with Gasteiger partial charge in [0.05, 0.1) is 12.0 Å². The molecule has 28 heavy (non-hydrogen) atoms. The summed E-state index contributed by atoms with van der Waals surface area (Å²) in [5, 5.41) is 2.76. The lowest BCUT2D eigenvalue weighted by molar-refractivity contribution is -0.144. The standard InChI is InChI=1S/C19H29FN4O2.2ClH/c1-3-19(4-2,14-21)18(26)24-11-9-23(10-12-24)13-17(25)22-16-7-5-15(20)6-8-16;;/h5-8H,3-4,9-14,21H2,1-2H3,(H,22,25);2*1H. The van der Waals surface area contributed by atoms with Crippen LogP contribution in [0.3, 0.4) is 0 Å². The summed E-state index contributed by atoms with van der Waals surface area (Å²) < 4.78 is 12.9. The Labute approximate surface area is 178 Å². The average Bonchev–Trinajstić information content (AvgIpc) is 2.66. The number of halogens is 3. The SMILES string of the molecule is CCC(CC)(CN)C(=O)N1CCN(CC(=O)Nc2ccc(F)cc2)CC1.Cl.Cl. The van der Waals surface area contributed by atoms with E-state index in [4.69, 9.17) is 5.73 Å². The normalized spacial score (nSPS) is 14.6. The van der Waals surface area contributed by atoms with Crippen molar-refractivity contribution in [3.05, 3.63) is 30.1 Å². The maximum absolute atomic E-state index is 12.9. The van der Waals surface area contributed by atoms with Crippen LogP contribution in [-0.4, -0.2) is 60.9 Å². The summed E-state index contributed by atoms with van der Waals surface area (Å²) in [7, 11) is 0. The number of amides is 2. The molecule has 1 aliphatic heterocycles. The molecule has 0 aliphatic carbocycles. The number of carbonyl (C=O) groups excluding carboxylic acids is 2. The minimum absolute atomic E-state index is 0. The third-order valence-corrected chi connectivity index (χ3v) is 5.35. The largest absolute Gasteiger partial charge is 0.340 e. The van der Waals surface area contributed by atoms with Crippen molar-refractivity contribution in [2.24, 2.45) is 11.1 Å². The van der Waals surface area contributed by atoms with Crippen molar-refractivity contribution >= 4 is 42.3 Å². The summed E-state index contributed by atoms with van der Waals surface area (Å²) in [6.45, 7) is 7.12. The van der Waals surface area contributed by atoms with Crippen molar-refractivity contribution in [1.29, 1.82) is 0 Å². The van der Waals surface area contributed by atoms with Crippen LogP contribution in [-0.2, 0) is 9.59 Å². The lowest BCUT2D eigenvalue weighted by atomic mass is 9.81. The smallest absolute Gasteiger partial charge is 0.238 e. The quantitative estimate of drug-likeness (QED) is 0.687. The summed E-state index contributed by atoms with van der Waals surface area (Å²) in [5.74, 6) is -0.355. The first kappa shape index (κ1) is 26.6. The molecule has 1 heterocycles. The molecule has 1 fully saturated rings. The van der Waals surface area contributed by atoms with Gasteiger partial charge < -0.3 is 16.0 Å². The van der Waals surface area contributed by atoms with Crippen LogP contribution >= 0.6 is 24.8 Å². The predicted octanol–water partition coefficient (Wildman–Crippen LogP) is 2.52. The molecule has 1 saturated heterocycles. The van der Waals surface area contributed by atoms with E-state index in [0.717, 1.165) is 12.8 Å². The van der Waals surface area contributed by atoms with Gasteiger partial charge in [-0.3, -0.25) is 14.5 Å². The highest BCUT2D eigenvalue weighted by Gasteiger charge is 2.37. The molecular formula is C19H31Cl2FN4O2. The molecule has 2 rings (SSSR count). The number of anilines is 1. The fourth-order valence-electron chi connectivity index (χ4n) is 3.31. The summed E-state index contributed by atoms with van der Waals surface area (Å²) in [6, 6.07) is 5.69. The van der Waals surface area contributed by atoms with Crippen molar-refractivity contribution in [3.8, 4) is 0 Å². The van der Waals surface area contributed by atoms with Gasteiger partial charge in [-0.05, 0) is 37.1 Å². The lowest BCUT2D eigenvalue weighted by Gasteiger charge is -2.40. The number of piperazine rings is 1. The van der Waals surface area contributed by atoms with E-state index in [1.807, 2.05) is 23.6 Å². The molecule has 1 aliphatic rings. The van der Waals surface area contributed by atoms with Gasteiger partial charge in [-0.25, -0.2) is 4.39 Å². The zero-order chi connectivity index (χ0) is 19.2. The molecule has 2 amide bonds. The highest BCUT2D eigenvalue weighted by molar-refractivity contribution is 5.92. The van der Waals surface area contributed by atoms with E-state index in [1.54, 1.807) is 0 Å². The monoisotopic (exact) mass is 436 g/mol. The zero-order valence-corrected chi connectivity index (χ0v) is 18.1. The first-order chi connectivity index (χ1) is 12.4. The third kappa shape index (κ3) is 6.58. The van der Waals surface area contributed by atoms with E-state index >= 15 is 0 Å². The van der Waals surface area contributed by atoms with Gasteiger partial charge in [0, 0.05) is 38.4 Å². The maximum Gasteiger partial charge on any atom is 0.238 e. The second kappa shape index (κ2) is 12.2. The number of nitrogens with one attached hydrogen (secondary N) is 1. The fraction of sp³-hybridized carbons (Fsp3) is 0.579. The number of carbonyl (C=O) groups is 2. The molecule has 0 atom stereocenters. The molecule has 1 aromatic carbocycles. The van der Waals surface area contributed by atoms with Crippen LogP contribution in [0.1, 0.15) is 26.7 Å². The van der Waals surface area contributed by atoms with Gasteiger partial charge in [0.2, 0.25) is 11.8 Å². The van der Waals surface area contributed by atoms with E-state index in [2.05, 4.69) is 5.32 Å². The summed E-state index contributed by atoms with van der Waals surface area (Å²) in [5.41, 5.74) is 5.98. The topological polar surface area (TPSA) is 78.7 Å². The van der Waals surface area contributed by atoms with Gasteiger partial charge in [0.1, 0.15) is 5.82 Å². The van der Waals surface area contributed by atoms with E-state index < -0.39 is 5.41 Å². The van der Waals surface area contributed by atoms with Gasteiger partial charge in [-0.2, -0.15) is 0 Å². The van der Waals surface area contributed by atoms with Gasteiger partial charge in [0.15, 0.2) is 0 Å². The first-order valence-electron chi connectivity index (χ1n) is 9.21. The number of benzene rings is 1. The molecule has 0 spiro atoms. The van der Waals surface area contributed by atoms with Gasteiger partial charge in [-0.1, -0.05) is 13.8 Å². The molecule has 6 nitrogen and oxygen atoms in total. The number of hydrogen-bond acceptors (Lipinski definition) is 4. The molecular weight excluding hydrogens is 406 g/mol. The molecule has 1 aromatic rings. The van der Waals surface area contributed by atoms with E-state index in [1.165, 1.54) is 24.3 Å². The van der Waals surface area contributed by atoms with Crippen LogP contribution in [0.2, 0.25) is 0 Å². The summed E-state index contributed by atoms with van der Waals surface area (Å²) >= 11 is 0. The Morgan fingerprint density at radius 1 is 1.07 bits per heavy atom. The second-order valence-electron chi connectivity index (χ2n) is 6.81. The van der Waals surface area contributed by atoms with E-state index in [9.17, 15) is 14.0 Å². The van der Waals surface area contributed by atoms with Crippen LogP contribution in [0.5, 0.6) is 0 Å². The summed E-state index contributed by atoms with van der Waals surface area (Å²) in [6.07, 6.45) is 1.47. The second-order valence-corrected chi connectivity index (χ2v) is 6.81. The fourth-order valence-corrected chi connectivity index (χ4v) is 3.31. The average molecular weight is 437 g/mol. The molecule has 9 heteroatoms. The zero-order valence-electron chi connectivity index (χ0n) is 16.4. The number of nitrogens with two attached hydrogens (primary N) is 1. The number of rotatable bonds is 7. The lowest BCUT2D eigenvalue weighted by Crippen LogP contribution is -2.55. The molecule has 0 radical (unpaired) electrons. The Bertz CT molecular complexity index is 611. The molecule has 0 unspecified atom stereocenters. The first-order valence-corrected chi connectivity index (χ1v) is 9.21. The Morgan fingerprint density at radius 3 is 2.07 bits per heavy atom. The molecule has 0 aromatic heterocycles. The predicted molar refractivity (Wildman–Crippen MR) is 115 cm³/mol. The number of hydrogen-bond donors (Lipinski definition) is 2. The summed E-state index contributed by atoms with van der Waals surface area (Å²) in [4.78, 5) is 28.9. The van der Waals surface area contributed by atoms with Gasteiger partial charge in [-0.15, -0.1) is 24.8 Å². The van der Waals surface area contributed by atoms with Crippen LogP contribution in [0.4, 0.5) is 10.1 Å². The maximum atomic E-state index is 12.9. The van der Waals surface area contributed by atoms with Crippen LogP contribution in [0, 0.1) is 11.2 Å². The third-order valence-electron chi connectivity index (χ3n) is 5.35. The Hall–Kier alpha value is -1.41. The Kier molecular flexibility index (Phi) is 11.6. The van der Waals surface area contributed by atoms with Crippen molar-refractivity contribution in [2.45, 2.75) is 26.7 Å². The van der Waals surface area contributed by atoms with Crippen molar-refractivity contribution < 1.29 is 14.0 Å². The van der Waals surface area contributed by atoms with Crippen molar-refractivity contribution in [1.82, 2.24) is 9.80 Å². The molecule has 0 saturated carbocycles. The van der Waals surface area contributed by atoms with E-state index in [0.29, 0.717) is 38.4 Å². The highest BCUT2D eigenvalue weighted by atomic mass is 35.5. The highest BCUT2D eigenvalue weighted by Crippen LogP contribution is 2.28. The van der Waals surface area contributed by atoms with Crippen LogP contribution in [0.15, 0.2) is 24.3 Å². The van der Waals surface area contributed by atoms with Crippen molar-refractivity contribution in [2.75, 3.05) is 44.6 Å². The number of nitrogens with zero attached hydrogens (tertiary/aromatic N) is 2. The van der Waals surface area contributed by atoms with Gasteiger partial charge >= 0.3 is 0 Å². The van der Waals surface area contributed by atoms with Gasteiger partial charge in [0.25, 0.3) is 0 Å². The van der Waals surface area contributed by atoms with Crippen LogP contribution in [0.25, 0.3) is 0 Å². The Morgan fingerprint density at radius 2 is 1.61 bits per heavy atom. The molecule has 160 valence electrons. The van der Waals surface area contributed by atoms with Crippen LogP contribution < -0.4 is 11.1 Å².